The van der Waals surface area contributed by atoms with Gasteiger partial charge in [-0.25, -0.2) is 0 Å². The molecule has 0 bridgehead atoms. The van der Waals surface area contributed by atoms with Gasteiger partial charge in [-0.3, -0.25) is 0 Å². The summed E-state index contributed by atoms with van der Waals surface area (Å²) in [6, 6.07) is 22.2. The molecule has 6 rings (SSSR count). The molecule has 2 N–H and O–H groups in total. The van der Waals surface area contributed by atoms with Gasteiger partial charge in [-0.1, -0.05) is 38.1 Å². The molecule has 4 aromatic rings. The summed E-state index contributed by atoms with van der Waals surface area (Å²) in [6.07, 6.45) is -3.43. The molecule has 0 radical (unpaired) electrons. The van der Waals surface area contributed by atoms with E-state index in [1.807, 2.05) is 43.3 Å². The van der Waals surface area contributed by atoms with Gasteiger partial charge in [-0.15, -0.1) is 0 Å². The van der Waals surface area contributed by atoms with Gasteiger partial charge in [-0.2, -0.15) is 0 Å². The third-order valence-electron chi connectivity index (χ3n) is 10.1. The lowest BCUT2D eigenvalue weighted by Gasteiger charge is -2.24. The fourth-order valence-corrected chi connectivity index (χ4v) is 6.84. The molecule has 0 aromatic heterocycles. The predicted octanol–water partition coefficient (Wildman–Crippen LogP) is 7.54. The molecular weight excluding hydrogens is 668 g/mol. The van der Waals surface area contributed by atoms with Crippen molar-refractivity contribution in [1.29, 1.82) is 0 Å². The van der Waals surface area contributed by atoms with Gasteiger partial charge in [0.25, 0.3) is 0 Å². The maximum atomic E-state index is 11.1. The standard InChI is InChI=1S/C41H48O11/c1-22-23(2)41(29-12-16-33(36(20-29)47-8)51-25(4)39(43)27-10-14-31-37(18-27)49-21-48-31)52-40(22)28-11-15-32(35(19-28)46-7)50-24(3)38(42)26-9-13-30(44-5)34(17-26)45-6/h9-20,22-25,38-43H,21H2,1-8H3/t22-,23-,24+,25-,38-,39+,40-,41+/m0/s1. The average Bonchev–Trinajstić information content (AvgIpc) is 3.77. The monoisotopic (exact) mass is 716 g/mol. The fourth-order valence-electron chi connectivity index (χ4n) is 6.84. The van der Waals surface area contributed by atoms with Crippen molar-refractivity contribution in [1.82, 2.24) is 0 Å². The van der Waals surface area contributed by atoms with E-state index < -0.39 is 24.4 Å². The first-order valence-electron chi connectivity index (χ1n) is 17.4. The molecule has 2 aliphatic rings. The fraction of sp³-hybridized carbons (Fsp3) is 0.415. The minimum atomic E-state index is -0.930. The molecule has 0 amide bonds. The van der Waals surface area contributed by atoms with Crippen molar-refractivity contribution in [2.24, 2.45) is 11.8 Å². The Morgan fingerprint density at radius 2 is 0.981 bits per heavy atom. The first-order valence-corrected chi connectivity index (χ1v) is 17.4. The second-order valence-electron chi connectivity index (χ2n) is 13.3. The Labute approximate surface area is 304 Å². The summed E-state index contributed by atoms with van der Waals surface area (Å²) in [5, 5.41) is 22.2. The molecular formula is C41H48O11. The Kier molecular flexibility index (Phi) is 11.2. The van der Waals surface area contributed by atoms with Crippen LogP contribution in [0, 0.1) is 11.8 Å². The minimum Gasteiger partial charge on any atom is -0.493 e. The van der Waals surface area contributed by atoms with Crippen LogP contribution in [0.4, 0.5) is 0 Å². The SMILES string of the molecule is COc1ccc([C@@H](O)[C@@H](C)Oc2ccc([C@H]3O[C@@H](c4ccc(O[C@@H](C)[C@@H](O)c5ccc6c(c5)OCO6)c(OC)c4)[C@@H](C)[C@@H]3C)cc2OC)cc1OC. The van der Waals surface area contributed by atoms with Crippen molar-refractivity contribution < 1.29 is 52.8 Å². The van der Waals surface area contributed by atoms with Crippen LogP contribution in [-0.4, -0.2) is 57.7 Å². The van der Waals surface area contributed by atoms with Gasteiger partial charge in [0.15, 0.2) is 46.0 Å². The van der Waals surface area contributed by atoms with Crippen LogP contribution >= 0.6 is 0 Å². The summed E-state index contributed by atoms with van der Waals surface area (Å²) in [7, 11) is 6.31. The molecule has 4 aromatic carbocycles. The van der Waals surface area contributed by atoms with E-state index in [0.29, 0.717) is 57.1 Å². The highest BCUT2D eigenvalue weighted by Gasteiger charge is 2.41. The summed E-state index contributed by atoms with van der Waals surface area (Å²) in [6.45, 7) is 8.14. The number of aliphatic hydroxyl groups is 2. The number of hydrogen-bond acceptors (Lipinski definition) is 11. The predicted molar refractivity (Wildman–Crippen MR) is 193 cm³/mol. The lowest BCUT2D eigenvalue weighted by molar-refractivity contribution is 0.0281. The maximum absolute atomic E-state index is 11.1. The lowest BCUT2D eigenvalue weighted by Crippen LogP contribution is -2.22. The van der Waals surface area contributed by atoms with Crippen molar-refractivity contribution in [3.05, 3.63) is 95.1 Å². The van der Waals surface area contributed by atoms with Crippen LogP contribution in [0.3, 0.4) is 0 Å². The van der Waals surface area contributed by atoms with E-state index in [-0.39, 0.29) is 30.8 Å². The van der Waals surface area contributed by atoms with Crippen molar-refractivity contribution >= 4 is 0 Å². The van der Waals surface area contributed by atoms with Crippen molar-refractivity contribution in [3.8, 4) is 46.0 Å². The van der Waals surface area contributed by atoms with E-state index in [9.17, 15) is 10.2 Å². The van der Waals surface area contributed by atoms with E-state index in [1.165, 1.54) is 0 Å². The first kappa shape index (κ1) is 36.9. The highest BCUT2D eigenvalue weighted by molar-refractivity contribution is 5.48. The smallest absolute Gasteiger partial charge is 0.231 e. The summed E-state index contributed by atoms with van der Waals surface area (Å²) in [5.74, 6) is 4.80. The summed E-state index contributed by atoms with van der Waals surface area (Å²) < 4.78 is 52.3. The largest absolute Gasteiger partial charge is 0.493 e. The van der Waals surface area contributed by atoms with Gasteiger partial charge in [0.05, 0.1) is 40.6 Å². The Morgan fingerprint density at radius 3 is 1.50 bits per heavy atom. The molecule has 1 saturated heterocycles. The maximum Gasteiger partial charge on any atom is 0.231 e. The molecule has 11 heteroatoms. The van der Waals surface area contributed by atoms with Crippen molar-refractivity contribution in [3.63, 3.8) is 0 Å². The second-order valence-corrected chi connectivity index (χ2v) is 13.3. The third-order valence-corrected chi connectivity index (χ3v) is 10.1. The molecule has 0 unspecified atom stereocenters. The lowest BCUT2D eigenvalue weighted by atomic mass is 9.85. The van der Waals surface area contributed by atoms with Crippen LogP contribution in [0.2, 0.25) is 0 Å². The van der Waals surface area contributed by atoms with Gasteiger partial charge in [0.1, 0.15) is 24.4 Å². The molecule has 0 saturated carbocycles. The number of rotatable bonds is 14. The molecule has 278 valence electrons. The number of ether oxygens (including phenoxy) is 9. The van der Waals surface area contributed by atoms with Crippen molar-refractivity contribution in [2.45, 2.75) is 64.3 Å². The molecule has 0 spiro atoms. The van der Waals surface area contributed by atoms with E-state index in [1.54, 1.807) is 71.8 Å². The van der Waals surface area contributed by atoms with E-state index in [4.69, 9.17) is 42.6 Å². The third kappa shape index (κ3) is 7.39. The van der Waals surface area contributed by atoms with Crippen LogP contribution in [-0.2, 0) is 4.74 Å². The average molecular weight is 717 g/mol. The van der Waals surface area contributed by atoms with Crippen LogP contribution in [0.1, 0.15) is 74.4 Å². The molecule has 2 aliphatic heterocycles. The van der Waals surface area contributed by atoms with Crippen LogP contribution < -0.4 is 37.9 Å². The Hall–Kier alpha value is -4.84. The summed E-state index contributed by atoms with van der Waals surface area (Å²) in [5.41, 5.74) is 3.22. The molecule has 52 heavy (non-hydrogen) atoms. The highest BCUT2D eigenvalue weighted by Crippen LogP contribution is 2.51. The van der Waals surface area contributed by atoms with E-state index >= 15 is 0 Å². The zero-order chi connectivity index (χ0) is 37.1. The molecule has 8 atom stereocenters. The zero-order valence-electron chi connectivity index (χ0n) is 30.8. The first-order chi connectivity index (χ1) is 25.1. The summed E-state index contributed by atoms with van der Waals surface area (Å²) in [4.78, 5) is 0. The van der Waals surface area contributed by atoms with Crippen LogP contribution in [0.5, 0.6) is 46.0 Å². The Bertz CT molecular complexity index is 1840. The number of aliphatic hydroxyl groups excluding tert-OH is 2. The number of benzene rings is 4. The normalized spacial score (nSPS) is 21.5. The van der Waals surface area contributed by atoms with Crippen LogP contribution in [0.15, 0.2) is 72.8 Å². The molecule has 0 aliphatic carbocycles. The molecule has 11 nitrogen and oxygen atoms in total. The molecule has 2 heterocycles. The molecule has 1 fully saturated rings. The van der Waals surface area contributed by atoms with Gasteiger partial charge in [0, 0.05) is 0 Å². The van der Waals surface area contributed by atoms with Gasteiger partial charge >= 0.3 is 0 Å². The number of methoxy groups -OCH3 is 4. The van der Waals surface area contributed by atoms with E-state index in [2.05, 4.69) is 13.8 Å². The number of hydrogen-bond donors (Lipinski definition) is 2. The zero-order valence-corrected chi connectivity index (χ0v) is 30.8. The van der Waals surface area contributed by atoms with Crippen molar-refractivity contribution in [2.75, 3.05) is 35.2 Å². The van der Waals surface area contributed by atoms with Gasteiger partial charge in [0.2, 0.25) is 6.79 Å². The minimum absolute atomic E-state index is 0.164. The van der Waals surface area contributed by atoms with Gasteiger partial charge < -0.3 is 52.8 Å². The quantitative estimate of drug-likeness (QED) is 0.135. The topological polar surface area (TPSA) is 124 Å². The van der Waals surface area contributed by atoms with Gasteiger partial charge in [-0.05, 0) is 96.5 Å². The van der Waals surface area contributed by atoms with E-state index in [0.717, 1.165) is 11.1 Å². The Morgan fingerprint density at radius 1 is 0.538 bits per heavy atom. The second kappa shape index (κ2) is 15.8. The number of fused-ring (bicyclic) bond motifs is 1. The highest BCUT2D eigenvalue weighted by atomic mass is 16.7. The van der Waals surface area contributed by atoms with Crippen LogP contribution in [0.25, 0.3) is 0 Å². The summed E-state index contributed by atoms with van der Waals surface area (Å²) >= 11 is 0. The Balaban J connectivity index is 1.14.